The van der Waals surface area contributed by atoms with Crippen LogP contribution in [0.1, 0.15) is 16.8 Å². The molecule has 0 aromatic heterocycles. The van der Waals surface area contributed by atoms with Crippen molar-refractivity contribution in [2.45, 2.75) is 12.5 Å². The van der Waals surface area contributed by atoms with Crippen LogP contribution < -0.4 is 14.7 Å². The molecule has 4 rings (SSSR count). The van der Waals surface area contributed by atoms with Crippen molar-refractivity contribution >= 4 is 29.2 Å². The number of carbonyl (C=O) groups excluding carboxylic acids is 3. The number of piperazine rings is 1. The lowest BCUT2D eigenvalue weighted by atomic mass is 10.1. The highest BCUT2D eigenvalue weighted by molar-refractivity contribution is 6.22. The summed E-state index contributed by atoms with van der Waals surface area (Å²) in [5.41, 5.74) is 2.07. The topological polar surface area (TPSA) is 71.4 Å². The quantitative estimate of drug-likeness (QED) is 0.605. The highest BCUT2D eigenvalue weighted by Crippen LogP contribution is 2.23. The number of esters is 1. The Hall–Kier alpha value is -3.19. The summed E-state index contributed by atoms with van der Waals surface area (Å²) >= 11 is 0. The fraction of sp³-hybridized carbons (Fsp3) is 0.318. The van der Waals surface area contributed by atoms with E-state index in [4.69, 9.17) is 0 Å². The monoisotopic (exact) mass is 394 g/mol. The van der Waals surface area contributed by atoms with E-state index in [0.717, 1.165) is 31.1 Å². The van der Waals surface area contributed by atoms with Gasteiger partial charge in [-0.3, -0.25) is 9.59 Å². The smallest absolute Gasteiger partial charge is 0.337 e. The molecule has 7 nitrogen and oxygen atoms in total. The Bertz CT molecular complexity index is 905. The summed E-state index contributed by atoms with van der Waals surface area (Å²) in [4.78, 5) is 41.9. The largest absolute Gasteiger partial charge is 0.465 e. The number of hydrogen-bond donors (Lipinski definition) is 1. The van der Waals surface area contributed by atoms with Gasteiger partial charge in [-0.1, -0.05) is 18.2 Å². The molecule has 7 heteroatoms. The number of quaternary nitrogens is 1. The van der Waals surface area contributed by atoms with E-state index in [1.165, 1.54) is 17.7 Å². The van der Waals surface area contributed by atoms with Crippen LogP contribution in [0.15, 0.2) is 54.6 Å². The van der Waals surface area contributed by atoms with Gasteiger partial charge in [-0.05, 0) is 36.4 Å². The first-order valence-corrected chi connectivity index (χ1v) is 9.78. The van der Waals surface area contributed by atoms with Gasteiger partial charge >= 0.3 is 5.97 Å². The summed E-state index contributed by atoms with van der Waals surface area (Å²) < 4.78 is 4.69. The molecule has 2 aromatic rings. The Morgan fingerprint density at radius 2 is 1.62 bits per heavy atom. The minimum absolute atomic E-state index is 0.163. The number of nitrogens with zero attached hydrogens (tertiary/aromatic N) is 2. The molecule has 1 N–H and O–H groups in total. The van der Waals surface area contributed by atoms with Crippen LogP contribution in [0.5, 0.6) is 0 Å². The van der Waals surface area contributed by atoms with Crippen LogP contribution >= 0.6 is 0 Å². The van der Waals surface area contributed by atoms with E-state index in [1.807, 2.05) is 18.2 Å². The summed E-state index contributed by atoms with van der Waals surface area (Å²) in [7, 11) is 1.31. The van der Waals surface area contributed by atoms with Crippen LogP contribution in [0.2, 0.25) is 0 Å². The average molecular weight is 394 g/mol. The summed E-state index contributed by atoms with van der Waals surface area (Å²) in [6.07, 6.45) is 0.220. The number of para-hydroxylation sites is 1. The normalized spacial score (nSPS) is 20.2. The molecule has 0 aliphatic carbocycles. The standard InChI is InChI=1S/C22H23N3O4/c1-29-22(28)16-7-9-18(10-8-16)25-20(26)15-19(21(25)27)24-13-11-23(12-14-24)17-5-3-2-4-6-17/h2-10,19H,11-15H2,1H3/p+1/t19-/m1/s1. The number of ether oxygens (including phenoxy) is 1. The molecule has 0 spiro atoms. The summed E-state index contributed by atoms with van der Waals surface area (Å²) in [5.74, 6) is -0.804. The van der Waals surface area contributed by atoms with Crippen LogP contribution in [0, 0.1) is 0 Å². The van der Waals surface area contributed by atoms with Gasteiger partial charge in [-0.25, -0.2) is 9.69 Å². The zero-order valence-electron chi connectivity index (χ0n) is 16.3. The van der Waals surface area contributed by atoms with Gasteiger partial charge in [0, 0.05) is 5.69 Å². The molecule has 2 aromatic carbocycles. The van der Waals surface area contributed by atoms with E-state index in [2.05, 4.69) is 21.8 Å². The molecule has 2 heterocycles. The van der Waals surface area contributed by atoms with Gasteiger partial charge < -0.3 is 14.5 Å². The molecule has 0 bridgehead atoms. The Labute approximate surface area is 169 Å². The Morgan fingerprint density at radius 3 is 2.24 bits per heavy atom. The van der Waals surface area contributed by atoms with E-state index < -0.39 is 5.97 Å². The SMILES string of the molecule is COC(=O)c1ccc(N2C(=O)C[C@@H]([NH+]3CCN(c4ccccc4)CC3)C2=O)cc1. The highest BCUT2D eigenvalue weighted by atomic mass is 16.5. The third kappa shape index (κ3) is 3.73. The first-order valence-electron chi connectivity index (χ1n) is 9.78. The zero-order chi connectivity index (χ0) is 20.4. The first-order chi connectivity index (χ1) is 14.1. The van der Waals surface area contributed by atoms with Crippen molar-refractivity contribution < 1.29 is 24.0 Å². The number of benzene rings is 2. The maximum absolute atomic E-state index is 13.0. The molecule has 0 radical (unpaired) electrons. The van der Waals surface area contributed by atoms with Gasteiger partial charge in [0.05, 0.1) is 51.0 Å². The zero-order valence-corrected chi connectivity index (χ0v) is 16.3. The van der Waals surface area contributed by atoms with Crippen molar-refractivity contribution in [2.75, 3.05) is 43.1 Å². The summed E-state index contributed by atoms with van der Waals surface area (Å²) in [6.45, 7) is 3.33. The van der Waals surface area contributed by atoms with Gasteiger partial charge in [0.1, 0.15) is 0 Å². The number of methoxy groups -OCH3 is 1. The Balaban J connectivity index is 1.43. The summed E-state index contributed by atoms with van der Waals surface area (Å²) in [5, 5.41) is 0. The fourth-order valence-electron chi connectivity index (χ4n) is 4.13. The van der Waals surface area contributed by atoms with Crippen molar-refractivity contribution in [3.63, 3.8) is 0 Å². The minimum atomic E-state index is -0.450. The maximum Gasteiger partial charge on any atom is 0.337 e. The van der Waals surface area contributed by atoms with E-state index >= 15 is 0 Å². The van der Waals surface area contributed by atoms with Gasteiger partial charge in [0.25, 0.3) is 5.91 Å². The molecule has 150 valence electrons. The lowest BCUT2D eigenvalue weighted by Crippen LogP contribution is -3.19. The molecule has 0 unspecified atom stereocenters. The average Bonchev–Trinajstić information content (AvgIpc) is 3.08. The van der Waals surface area contributed by atoms with Gasteiger partial charge in [0.2, 0.25) is 5.91 Å². The van der Waals surface area contributed by atoms with E-state index in [1.54, 1.807) is 24.3 Å². The van der Waals surface area contributed by atoms with Gasteiger partial charge in [-0.2, -0.15) is 0 Å². The number of nitrogens with one attached hydrogen (secondary N) is 1. The lowest BCUT2D eigenvalue weighted by molar-refractivity contribution is -0.915. The number of hydrogen-bond acceptors (Lipinski definition) is 5. The minimum Gasteiger partial charge on any atom is -0.465 e. The Morgan fingerprint density at radius 1 is 0.966 bits per heavy atom. The molecular formula is C22H24N3O4+. The van der Waals surface area contributed by atoms with Crippen molar-refractivity contribution in [3.05, 3.63) is 60.2 Å². The van der Waals surface area contributed by atoms with Crippen molar-refractivity contribution in [3.8, 4) is 0 Å². The third-order valence-electron chi connectivity index (χ3n) is 5.71. The highest BCUT2D eigenvalue weighted by Gasteiger charge is 2.46. The van der Waals surface area contributed by atoms with E-state index in [0.29, 0.717) is 11.3 Å². The number of anilines is 2. The molecular weight excluding hydrogens is 370 g/mol. The molecule has 0 saturated carbocycles. The van der Waals surface area contributed by atoms with Crippen molar-refractivity contribution in [1.29, 1.82) is 0 Å². The predicted octanol–water partition coefficient (Wildman–Crippen LogP) is 0.510. The van der Waals surface area contributed by atoms with Crippen molar-refractivity contribution in [2.24, 2.45) is 0 Å². The fourth-order valence-corrected chi connectivity index (χ4v) is 4.13. The van der Waals surface area contributed by atoms with Gasteiger partial charge in [-0.15, -0.1) is 0 Å². The second-order valence-corrected chi connectivity index (χ2v) is 7.34. The first kappa shape index (κ1) is 19.1. The van der Waals surface area contributed by atoms with E-state index in [9.17, 15) is 14.4 Å². The van der Waals surface area contributed by atoms with Crippen molar-refractivity contribution in [1.82, 2.24) is 0 Å². The third-order valence-corrected chi connectivity index (χ3v) is 5.71. The molecule has 2 aliphatic heterocycles. The second kappa shape index (κ2) is 8.05. The molecule has 2 aliphatic rings. The number of imide groups is 1. The number of rotatable bonds is 4. The van der Waals surface area contributed by atoms with E-state index in [-0.39, 0.29) is 24.3 Å². The van der Waals surface area contributed by atoms with Crippen LogP contribution in [-0.2, 0) is 14.3 Å². The lowest BCUT2D eigenvalue weighted by Gasteiger charge is -2.35. The number of amides is 2. The predicted molar refractivity (Wildman–Crippen MR) is 108 cm³/mol. The van der Waals surface area contributed by atoms with Crippen LogP contribution in [-0.4, -0.2) is 57.1 Å². The molecule has 29 heavy (non-hydrogen) atoms. The molecule has 2 fully saturated rings. The second-order valence-electron chi connectivity index (χ2n) is 7.34. The molecule has 2 amide bonds. The number of carbonyl (C=O) groups is 3. The van der Waals surface area contributed by atoms with Gasteiger partial charge in [0.15, 0.2) is 6.04 Å². The van der Waals surface area contributed by atoms with Crippen LogP contribution in [0.4, 0.5) is 11.4 Å². The summed E-state index contributed by atoms with van der Waals surface area (Å²) in [6, 6.07) is 16.3. The molecule has 1 atom stereocenters. The van der Waals surface area contributed by atoms with Crippen LogP contribution in [0.3, 0.4) is 0 Å². The van der Waals surface area contributed by atoms with Crippen LogP contribution in [0.25, 0.3) is 0 Å². The maximum atomic E-state index is 13.0. The Kier molecular flexibility index (Phi) is 5.31. The molecule has 2 saturated heterocycles.